The molecule has 299 valence electrons. The molecule has 6 aromatic rings. The number of aromatic nitrogens is 4. The summed E-state index contributed by atoms with van der Waals surface area (Å²) >= 11 is 0. The predicted octanol–water partition coefficient (Wildman–Crippen LogP) is 0.0477. The number of benzene rings is 4. The average Bonchev–Trinajstić information content (AvgIpc) is 3.68. The number of rotatable bonds is 10. The third-order valence-corrected chi connectivity index (χ3v) is 10.8. The molecule has 0 unspecified atom stereocenters. The molecule has 20 nitrogen and oxygen atoms in total. The van der Waals surface area contributed by atoms with E-state index in [4.69, 9.17) is 10.5 Å². The van der Waals surface area contributed by atoms with E-state index in [2.05, 4.69) is 40.1 Å². The van der Waals surface area contributed by atoms with Gasteiger partial charge in [-0.1, -0.05) is 23.6 Å². The Kier molecular flexibility index (Phi) is 16.4. The van der Waals surface area contributed by atoms with Crippen molar-refractivity contribution in [2.24, 2.45) is 20.5 Å². The van der Waals surface area contributed by atoms with Crippen LogP contribution in [0.3, 0.4) is 0 Å². The average molecular weight is 896 g/mol. The van der Waals surface area contributed by atoms with Gasteiger partial charge in [0.15, 0.2) is 0 Å². The molecule has 1 radical (unpaired) electrons. The number of nitriles is 2. The first-order valence-electron chi connectivity index (χ1n) is 16.4. The fourth-order valence-corrected chi connectivity index (χ4v) is 6.41. The minimum Gasteiger partial charge on any atom is -0.871 e. The maximum atomic E-state index is 12.6. The minimum absolute atomic E-state index is 0. The normalized spacial score (nSPS) is 11.2. The number of sulfonamides is 2. The zero-order valence-corrected chi connectivity index (χ0v) is 37.0. The Morgan fingerprint density at radius 3 is 1.28 bits per heavy atom. The SMILES string of the molecule is CNS(=O)(=O)c1ccc(N=Nc2c(C)nn(-c3cccc(C#N)c3)c2[O-])c([O-])c1.CNS(=O)(=O)c1ccc(N=Nc2c(C)nn(-c3cccc(C#N)c3)c2[O-])c([O-])c1.[Cr+3].[Na+]. The van der Waals surface area contributed by atoms with Gasteiger partial charge in [-0.3, -0.25) is 0 Å². The summed E-state index contributed by atoms with van der Waals surface area (Å²) in [7, 11) is -5.06. The molecule has 0 saturated heterocycles. The first-order chi connectivity index (χ1) is 27.5. The summed E-state index contributed by atoms with van der Waals surface area (Å²) < 4.78 is 53.4. The molecule has 60 heavy (non-hydrogen) atoms. The minimum atomic E-state index is -3.76. The van der Waals surface area contributed by atoms with Crippen LogP contribution in [0.25, 0.3) is 11.4 Å². The van der Waals surface area contributed by atoms with Crippen molar-refractivity contribution in [2.75, 3.05) is 14.1 Å². The van der Waals surface area contributed by atoms with Gasteiger partial charge in [0.1, 0.15) is 11.4 Å². The van der Waals surface area contributed by atoms with Crippen LogP contribution in [0.4, 0.5) is 22.7 Å². The zero-order valence-electron chi connectivity index (χ0n) is 32.0. The summed E-state index contributed by atoms with van der Waals surface area (Å²) in [6.45, 7) is 3.11. The fourth-order valence-electron chi connectivity index (χ4n) is 4.92. The van der Waals surface area contributed by atoms with E-state index >= 15 is 0 Å². The second-order valence-corrected chi connectivity index (χ2v) is 15.5. The largest absolute Gasteiger partial charge is 3.00 e. The summed E-state index contributed by atoms with van der Waals surface area (Å²) in [5.74, 6) is -2.46. The van der Waals surface area contributed by atoms with Crippen molar-refractivity contribution in [3.63, 3.8) is 0 Å². The van der Waals surface area contributed by atoms with Crippen molar-refractivity contribution in [1.29, 1.82) is 10.5 Å². The standard InChI is InChI=1S/2C18H16N6O4S.Cr.Na/c2*1-11-17(18(26)24(23-11)13-5-3-4-12(8-13)10-19)22-21-15-7-6-14(9-16(15)25)29(27,28)20-2;;/h2*3-9,20,25-26H,1-2H3;;/q;;+3;+1/p-4. The molecule has 0 atom stereocenters. The van der Waals surface area contributed by atoms with E-state index in [1.165, 1.54) is 50.5 Å². The van der Waals surface area contributed by atoms with E-state index in [1.54, 1.807) is 50.2 Å². The molecule has 0 fully saturated rings. The molecule has 2 N–H and O–H groups in total. The van der Waals surface area contributed by atoms with E-state index in [1.807, 2.05) is 12.1 Å². The Morgan fingerprint density at radius 1 is 0.600 bits per heavy atom. The fraction of sp³-hybridized carbons (Fsp3) is 0.111. The van der Waals surface area contributed by atoms with Crippen LogP contribution in [0, 0.1) is 36.5 Å². The number of nitrogens with zero attached hydrogens (tertiary/aromatic N) is 10. The van der Waals surface area contributed by atoms with Crippen LogP contribution in [0.15, 0.2) is 115 Å². The monoisotopic (exact) mass is 895 g/mol. The van der Waals surface area contributed by atoms with Crippen LogP contribution in [0.5, 0.6) is 23.3 Å². The van der Waals surface area contributed by atoms with Crippen molar-refractivity contribution < 1.29 is 84.2 Å². The maximum absolute atomic E-state index is 12.6. The van der Waals surface area contributed by atoms with Crippen molar-refractivity contribution in [2.45, 2.75) is 23.6 Å². The molecule has 0 spiro atoms. The predicted molar refractivity (Wildman–Crippen MR) is 198 cm³/mol. The van der Waals surface area contributed by atoms with Gasteiger partial charge in [-0.25, -0.2) is 35.6 Å². The van der Waals surface area contributed by atoms with E-state index < -0.39 is 43.3 Å². The molecule has 2 aromatic heterocycles. The summed E-state index contributed by atoms with van der Waals surface area (Å²) in [6.07, 6.45) is 0. The maximum Gasteiger partial charge on any atom is 3.00 e. The number of hydrogen-bond acceptors (Lipinski definition) is 16. The van der Waals surface area contributed by atoms with Gasteiger partial charge in [-0.05, 0) is 101 Å². The molecule has 0 saturated carbocycles. The molecular weight excluding hydrogens is 868 g/mol. The molecule has 0 amide bonds. The molecule has 24 heteroatoms. The first kappa shape index (κ1) is 48.4. The van der Waals surface area contributed by atoms with Crippen LogP contribution in [-0.4, -0.2) is 50.5 Å². The van der Waals surface area contributed by atoms with Gasteiger partial charge in [-0.2, -0.15) is 30.9 Å². The van der Waals surface area contributed by atoms with Gasteiger partial charge >= 0.3 is 46.9 Å². The zero-order chi connectivity index (χ0) is 42.4. The van der Waals surface area contributed by atoms with Gasteiger partial charge in [0.05, 0.1) is 67.2 Å². The summed E-state index contributed by atoms with van der Waals surface area (Å²) in [5.41, 5.74) is 1.69. The topological polar surface area (TPSA) is 317 Å². The van der Waals surface area contributed by atoms with Crippen LogP contribution in [0.1, 0.15) is 22.5 Å². The van der Waals surface area contributed by atoms with Crippen molar-refractivity contribution in [3.8, 4) is 46.8 Å². The van der Waals surface area contributed by atoms with Gasteiger partial charge in [0, 0.05) is 11.8 Å². The van der Waals surface area contributed by atoms with Crippen molar-refractivity contribution in [3.05, 3.63) is 107 Å². The molecule has 6 rings (SSSR count). The third-order valence-electron chi connectivity index (χ3n) is 7.95. The Hall–Kier alpha value is -5.97. The molecule has 0 aliphatic heterocycles. The molecule has 2 heterocycles. The van der Waals surface area contributed by atoms with E-state index in [0.717, 1.165) is 21.5 Å². The smallest absolute Gasteiger partial charge is 0.871 e. The van der Waals surface area contributed by atoms with Crippen LogP contribution >= 0.6 is 0 Å². The first-order valence-corrected chi connectivity index (χ1v) is 19.4. The van der Waals surface area contributed by atoms with E-state index in [-0.39, 0.29) is 90.8 Å². The Balaban J connectivity index is 0.000000310. The second kappa shape index (κ2) is 20.3. The number of aryl methyl sites for hydroxylation is 2. The van der Waals surface area contributed by atoms with Gasteiger partial charge < -0.3 is 20.4 Å². The number of azo groups is 2. The quantitative estimate of drug-likeness (QED) is 0.136. The van der Waals surface area contributed by atoms with Gasteiger partial charge in [0.2, 0.25) is 20.0 Å². The molecule has 0 aliphatic rings. The van der Waals surface area contributed by atoms with Crippen molar-refractivity contribution in [1.82, 2.24) is 29.0 Å². The Labute approximate surface area is 376 Å². The van der Waals surface area contributed by atoms with E-state index in [9.17, 15) is 37.3 Å². The van der Waals surface area contributed by atoms with Crippen LogP contribution in [0.2, 0.25) is 0 Å². The molecule has 0 aliphatic carbocycles. The summed E-state index contributed by atoms with van der Waals surface area (Å²) in [6, 6.07) is 23.3. The summed E-state index contributed by atoms with van der Waals surface area (Å²) in [5, 5.41) is 90.9. The molecule has 0 bridgehead atoms. The number of hydrogen-bond donors (Lipinski definition) is 2. The van der Waals surface area contributed by atoms with Crippen molar-refractivity contribution >= 4 is 42.8 Å². The second-order valence-electron chi connectivity index (χ2n) is 11.7. The van der Waals surface area contributed by atoms with Crippen LogP contribution in [-0.2, 0) is 37.4 Å². The van der Waals surface area contributed by atoms with Crippen LogP contribution < -0.4 is 59.4 Å². The summed E-state index contributed by atoms with van der Waals surface area (Å²) in [4.78, 5) is -0.398. The third kappa shape index (κ3) is 10.8. The molecule has 4 aromatic carbocycles. The number of nitrogens with one attached hydrogen (secondary N) is 2. The van der Waals surface area contributed by atoms with Gasteiger partial charge in [-0.15, -0.1) is 10.2 Å². The van der Waals surface area contributed by atoms with Gasteiger partial charge in [0.25, 0.3) is 0 Å². The Bertz CT molecular complexity index is 2730. The Morgan fingerprint density at radius 2 is 0.967 bits per heavy atom. The van der Waals surface area contributed by atoms with E-state index in [0.29, 0.717) is 22.5 Å². The molecular formula is C36H28CrN12NaO8S2.